The molecule has 0 spiro atoms. The highest BCUT2D eigenvalue weighted by molar-refractivity contribution is 6.46. The Labute approximate surface area is 223 Å². The van der Waals surface area contributed by atoms with Gasteiger partial charge in [-0.15, -0.1) is 0 Å². The standard InChI is InChI=1S/C29H36N2O7/c1-17(2)16-37-22-10-9-21(14-18(22)3)27(33)25-26(31(13-12-30(5)6)29(35)28(25)34)20-8-11-23(36-7)24(15-20)38-19(4)32/h8-11,14-15,17,26,33H,12-13,16H2,1-7H3/b27-25-. The summed E-state index contributed by atoms with van der Waals surface area (Å²) in [6.45, 7) is 8.52. The number of hydrogen-bond acceptors (Lipinski definition) is 8. The molecule has 2 aromatic carbocycles. The minimum absolute atomic E-state index is 0.0389. The molecule has 204 valence electrons. The molecular weight excluding hydrogens is 488 g/mol. The number of hydrogen-bond donors (Lipinski definition) is 1. The molecule has 1 amide bonds. The zero-order valence-corrected chi connectivity index (χ0v) is 23.0. The molecular formula is C29H36N2O7. The van der Waals surface area contributed by atoms with Crippen molar-refractivity contribution < 1.29 is 33.7 Å². The van der Waals surface area contributed by atoms with Crippen molar-refractivity contribution in [1.82, 2.24) is 9.80 Å². The first-order valence-electron chi connectivity index (χ1n) is 12.5. The number of likely N-dealkylation sites (tertiary alicyclic amines) is 1. The Hall–Kier alpha value is -3.85. The topological polar surface area (TPSA) is 106 Å². The number of amides is 1. The summed E-state index contributed by atoms with van der Waals surface area (Å²) in [6.07, 6.45) is 0. The first-order valence-corrected chi connectivity index (χ1v) is 12.5. The van der Waals surface area contributed by atoms with Gasteiger partial charge in [-0.1, -0.05) is 19.9 Å². The van der Waals surface area contributed by atoms with Gasteiger partial charge >= 0.3 is 5.97 Å². The van der Waals surface area contributed by atoms with E-state index in [1.54, 1.807) is 36.4 Å². The molecule has 0 bridgehead atoms. The largest absolute Gasteiger partial charge is 0.507 e. The van der Waals surface area contributed by atoms with Crippen molar-refractivity contribution in [2.45, 2.75) is 33.7 Å². The van der Waals surface area contributed by atoms with E-state index in [-0.39, 0.29) is 23.6 Å². The lowest BCUT2D eigenvalue weighted by Crippen LogP contribution is -2.35. The van der Waals surface area contributed by atoms with Gasteiger partial charge in [0.05, 0.1) is 25.3 Å². The summed E-state index contributed by atoms with van der Waals surface area (Å²) < 4.78 is 16.5. The molecule has 1 atom stereocenters. The molecule has 1 N–H and O–H groups in total. The number of esters is 1. The average Bonchev–Trinajstić information content (AvgIpc) is 3.10. The lowest BCUT2D eigenvalue weighted by molar-refractivity contribution is -0.140. The number of aliphatic hydroxyl groups is 1. The van der Waals surface area contributed by atoms with Gasteiger partial charge < -0.3 is 29.1 Å². The molecule has 1 heterocycles. The molecule has 1 aliphatic heterocycles. The number of aliphatic hydroxyl groups excluding tert-OH is 1. The molecule has 9 nitrogen and oxygen atoms in total. The highest BCUT2D eigenvalue weighted by atomic mass is 16.6. The van der Waals surface area contributed by atoms with Crippen molar-refractivity contribution in [2.24, 2.45) is 5.92 Å². The van der Waals surface area contributed by atoms with Crippen LogP contribution < -0.4 is 14.2 Å². The highest BCUT2D eigenvalue weighted by Gasteiger charge is 2.46. The lowest BCUT2D eigenvalue weighted by Gasteiger charge is -2.27. The van der Waals surface area contributed by atoms with Gasteiger partial charge in [0.1, 0.15) is 11.5 Å². The molecule has 3 rings (SSSR count). The fourth-order valence-corrected chi connectivity index (χ4v) is 4.23. The quantitative estimate of drug-likeness (QED) is 0.164. The molecule has 2 aromatic rings. The van der Waals surface area contributed by atoms with Crippen molar-refractivity contribution in [2.75, 3.05) is 40.9 Å². The van der Waals surface area contributed by atoms with Crippen LogP contribution in [0.25, 0.3) is 5.76 Å². The van der Waals surface area contributed by atoms with E-state index in [0.717, 1.165) is 5.56 Å². The Balaban J connectivity index is 2.15. The van der Waals surface area contributed by atoms with E-state index in [1.807, 2.05) is 25.9 Å². The molecule has 38 heavy (non-hydrogen) atoms. The second-order valence-corrected chi connectivity index (χ2v) is 9.98. The third kappa shape index (κ3) is 6.34. The fraction of sp³-hybridized carbons (Fsp3) is 0.414. The Bertz CT molecular complexity index is 1250. The second-order valence-electron chi connectivity index (χ2n) is 9.98. The summed E-state index contributed by atoms with van der Waals surface area (Å²) >= 11 is 0. The van der Waals surface area contributed by atoms with Crippen LogP contribution in [0.5, 0.6) is 17.2 Å². The van der Waals surface area contributed by atoms with Crippen molar-refractivity contribution in [3.05, 3.63) is 58.7 Å². The highest BCUT2D eigenvalue weighted by Crippen LogP contribution is 2.42. The van der Waals surface area contributed by atoms with Crippen LogP contribution in [0.1, 0.15) is 43.5 Å². The van der Waals surface area contributed by atoms with Crippen LogP contribution >= 0.6 is 0 Å². The van der Waals surface area contributed by atoms with Crippen LogP contribution in [-0.2, 0) is 14.4 Å². The monoisotopic (exact) mass is 524 g/mol. The maximum atomic E-state index is 13.3. The van der Waals surface area contributed by atoms with E-state index in [0.29, 0.717) is 41.7 Å². The van der Waals surface area contributed by atoms with Crippen LogP contribution in [0.3, 0.4) is 0 Å². The van der Waals surface area contributed by atoms with Gasteiger partial charge in [0.15, 0.2) is 11.5 Å². The third-order valence-corrected chi connectivity index (χ3v) is 6.11. The Morgan fingerprint density at radius 1 is 1.08 bits per heavy atom. The number of Topliss-reactive ketones (excluding diaryl/α,β-unsaturated/α-hetero) is 1. The van der Waals surface area contributed by atoms with E-state index in [9.17, 15) is 19.5 Å². The van der Waals surface area contributed by atoms with Gasteiger partial charge in [0.25, 0.3) is 11.7 Å². The average molecular weight is 525 g/mol. The fourth-order valence-electron chi connectivity index (χ4n) is 4.23. The number of likely N-dealkylation sites (N-methyl/N-ethyl adjacent to an activating group) is 1. The normalized spacial score (nSPS) is 16.9. The SMILES string of the molecule is COc1ccc(C2/C(=C(/O)c3ccc(OCC(C)C)c(C)c3)C(=O)C(=O)N2CCN(C)C)cc1OC(C)=O. The van der Waals surface area contributed by atoms with E-state index < -0.39 is 23.7 Å². The number of ether oxygens (including phenoxy) is 3. The number of aryl methyl sites for hydroxylation is 1. The molecule has 0 aliphatic carbocycles. The van der Waals surface area contributed by atoms with Gasteiger partial charge in [-0.3, -0.25) is 14.4 Å². The summed E-state index contributed by atoms with van der Waals surface area (Å²) in [5.74, 6) is -0.825. The van der Waals surface area contributed by atoms with Crippen molar-refractivity contribution >= 4 is 23.4 Å². The minimum Gasteiger partial charge on any atom is -0.507 e. The summed E-state index contributed by atoms with van der Waals surface area (Å²) in [5, 5.41) is 11.4. The maximum Gasteiger partial charge on any atom is 0.308 e. The minimum atomic E-state index is -0.896. The molecule has 1 saturated heterocycles. The van der Waals surface area contributed by atoms with Gasteiger partial charge in [-0.2, -0.15) is 0 Å². The number of rotatable bonds is 10. The number of carbonyl (C=O) groups excluding carboxylic acids is 3. The summed E-state index contributed by atoms with van der Waals surface area (Å²) in [5.41, 5.74) is 1.64. The zero-order chi connectivity index (χ0) is 28.1. The molecule has 0 aromatic heterocycles. The van der Waals surface area contributed by atoms with Crippen molar-refractivity contribution in [3.8, 4) is 17.2 Å². The van der Waals surface area contributed by atoms with E-state index >= 15 is 0 Å². The van der Waals surface area contributed by atoms with E-state index in [4.69, 9.17) is 14.2 Å². The number of nitrogens with zero attached hydrogens (tertiary/aromatic N) is 2. The Morgan fingerprint density at radius 3 is 2.34 bits per heavy atom. The van der Waals surface area contributed by atoms with Crippen LogP contribution in [0.2, 0.25) is 0 Å². The van der Waals surface area contributed by atoms with Gasteiger partial charge in [-0.25, -0.2) is 0 Å². The summed E-state index contributed by atoms with van der Waals surface area (Å²) in [7, 11) is 5.18. The molecule has 0 saturated carbocycles. The first-order chi connectivity index (χ1) is 17.9. The number of methoxy groups -OCH3 is 1. The molecule has 1 unspecified atom stereocenters. The number of carbonyl (C=O) groups is 3. The van der Waals surface area contributed by atoms with Gasteiger partial charge in [-0.05, 0) is 68.4 Å². The predicted molar refractivity (Wildman–Crippen MR) is 143 cm³/mol. The third-order valence-electron chi connectivity index (χ3n) is 6.11. The van der Waals surface area contributed by atoms with Crippen LogP contribution in [0.15, 0.2) is 42.0 Å². The summed E-state index contributed by atoms with van der Waals surface area (Å²) in [6, 6.07) is 9.09. The van der Waals surface area contributed by atoms with Gasteiger partial charge in [0.2, 0.25) is 0 Å². The number of benzene rings is 2. The lowest BCUT2D eigenvalue weighted by atomic mass is 9.94. The van der Waals surface area contributed by atoms with Crippen molar-refractivity contribution in [1.29, 1.82) is 0 Å². The second kappa shape index (κ2) is 12.1. The van der Waals surface area contributed by atoms with Crippen molar-refractivity contribution in [3.63, 3.8) is 0 Å². The molecule has 0 radical (unpaired) electrons. The molecule has 1 aliphatic rings. The molecule has 9 heteroatoms. The first kappa shape index (κ1) is 28.7. The number of ketones is 1. The van der Waals surface area contributed by atoms with Gasteiger partial charge in [0, 0.05) is 25.6 Å². The smallest absolute Gasteiger partial charge is 0.308 e. The van der Waals surface area contributed by atoms with E-state index in [2.05, 4.69) is 13.8 Å². The zero-order valence-electron chi connectivity index (χ0n) is 23.0. The van der Waals surface area contributed by atoms with Crippen LogP contribution in [0.4, 0.5) is 0 Å². The Kier molecular flexibility index (Phi) is 9.17. The predicted octanol–water partition coefficient (Wildman–Crippen LogP) is 3.95. The maximum absolute atomic E-state index is 13.3. The van der Waals surface area contributed by atoms with Crippen LogP contribution in [-0.4, -0.2) is 73.5 Å². The van der Waals surface area contributed by atoms with Crippen LogP contribution in [0, 0.1) is 12.8 Å². The van der Waals surface area contributed by atoms with E-state index in [1.165, 1.54) is 18.9 Å². The summed E-state index contributed by atoms with van der Waals surface area (Å²) in [4.78, 5) is 41.5. The Morgan fingerprint density at radius 2 is 1.76 bits per heavy atom. The molecule has 1 fully saturated rings.